The van der Waals surface area contributed by atoms with Gasteiger partial charge in [0.05, 0.1) is 6.61 Å². The van der Waals surface area contributed by atoms with E-state index in [2.05, 4.69) is 17.5 Å². The molecule has 2 rings (SSSR count). The first kappa shape index (κ1) is 6.70. The molecule has 1 fully saturated rings. The Balaban J connectivity index is 2.06. The van der Waals surface area contributed by atoms with Crippen molar-refractivity contribution in [1.82, 2.24) is 5.32 Å². The molecule has 0 radical (unpaired) electrons. The van der Waals surface area contributed by atoms with Crippen LogP contribution in [0.2, 0.25) is 0 Å². The Hall–Kier alpha value is -0.990. The molecule has 0 bridgehead atoms. The van der Waals surface area contributed by atoms with E-state index in [1.54, 1.807) is 0 Å². The van der Waals surface area contributed by atoms with Crippen molar-refractivity contribution in [2.75, 3.05) is 6.61 Å². The lowest BCUT2D eigenvalue weighted by Crippen LogP contribution is -2.48. The van der Waals surface area contributed by atoms with Crippen LogP contribution in [-0.4, -0.2) is 18.7 Å². The zero-order valence-electron chi connectivity index (χ0n) is 6.25. The number of nitrogens with one attached hydrogen (secondary N) is 1. The van der Waals surface area contributed by atoms with Crippen molar-refractivity contribution < 1.29 is 9.53 Å². The molecule has 0 aromatic rings. The van der Waals surface area contributed by atoms with E-state index in [0.29, 0.717) is 18.6 Å². The number of carbonyl (C=O) groups excluding carboxylic acids is 1. The second-order valence-electron chi connectivity index (χ2n) is 3.05. The number of amides is 1. The molecule has 11 heavy (non-hydrogen) atoms. The van der Waals surface area contributed by atoms with Crippen LogP contribution in [0.4, 0.5) is 4.79 Å². The lowest BCUT2D eigenvalue weighted by Gasteiger charge is -2.32. The molecule has 60 valence electrons. The standard InChI is InChI=1S/C8H11NO2/c10-8-9-7-4-2-1-3-6(7)5-11-8/h1-2,6-7H,3-5H2,(H,9,10)/t6-,7+/m0/s1. The fourth-order valence-electron chi connectivity index (χ4n) is 1.61. The summed E-state index contributed by atoms with van der Waals surface area (Å²) in [6.45, 7) is 0.584. The fourth-order valence-corrected chi connectivity index (χ4v) is 1.61. The van der Waals surface area contributed by atoms with Gasteiger partial charge in [0.1, 0.15) is 0 Å². The van der Waals surface area contributed by atoms with Crippen molar-refractivity contribution in [2.24, 2.45) is 5.92 Å². The predicted molar refractivity (Wildman–Crippen MR) is 40.1 cm³/mol. The molecule has 3 nitrogen and oxygen atoms in total. The maximum absolute atomic E-state index is 10.8. The van der Waals surface area contributed by atoms with Gasteiger partial charge in [-0.25, -0.2) is 4.79 Å². The molecule has 1 aliphatic heterocycles. The third-order valence-electron chi connectivity index (χ3n) is 2.30. The second kappa shape index (κ2) is 2.57. The summed E-state index contributed by atoms with van der Waals surface area (Å²) in [4.78, 5) is 10.8. The Morgan fingerprint density at radius 3 is 3.18 bits per heavy atom. The van der Waals surface area contributed by atoms with Gasteiger partial charge in [-0.1, -0.05) is 12.2 Å². The fraction of sp³-hybridized carbons (Fsp3) is 0.625. The Labute approximate surface area is 65.4 Å². The molecular weight excluding hydrogens is 142 g/mol. The minimum absolute atomic E-state index is 0.262. The summed E-state index contributed by atoms with van der Waals surface area (Å²) in [7, 11) is 0. The van der Waals surface area contributed by atoms with Crippen LogP contribution >= 0.6 is 0 Å². The van der Waals surface area contributed by atoms with Crippen LogP contribution in [0.1, 0.15) is 12.8 Å². The molecule has 1 aliphatic carbocycles. The van der Waals surface area contributed by atoms with Crippen molar-refractivity contribution in [3.05, 3.63) is 12.2 Å². The molecule has 0 aromatic heterocycles. The lowest BCUT2D eigenvalue weighted by atomic mass is 9.89. The van der Waals surface area contributed by atoms with Gasteiger partial charge < -0.3 is 10.1 Å². The van der Waals surface area contributed by atoms with Gasteiger partial charge in [-0.3, -0.25) is 0 Å². The molecule has 1 saturated heterocycles. The summed E-state index contributed by atoms with van der Waals surface area (Å²) >= 11 is 0. The number of allylic oxidation sites excluding steroid dienone is 1. The van der Waals surface area contributed by atoms with Gasteiger partial charge in [-0.05, 0) is 12.8 Å². The van der Waals surface area contributed by atoms with Crippen LogP contribution in [-0.2, 0) is 4.74 Å². The topological polar surface area (TPSA) is 38.3 Å². The minimum Gasteiger partial charge on any atom is -0.449 e. The summed E-state index contributed by atoms with van der Waals surface area (Å²) in [6.07, 6.45) is 6.00. The summed E-state index contributed by atoms with van der Waals surface area (Å²) in [6, 6.07) is 0.321. The van der Waals surface area contributed by atoms with Gasteiger partial charge in [0, 0.05) is 12.0 Å². The van der Waals surface area contributed by atoms with Crippen LogP contribution in [0, 0.1) is 5.92 Å². The average Bonchev–Trinajstić information content (AvgIpc) is 2.04. The Morgan fingerprint density at radius 2 is 2.27 bits per heavy atom. The van der Waals surface area contributed by atoms with Crippen LogP contribution in [0.25, 0.3) is 0 Å². The molecule has 1 heterocycles. The normalized spacial score (nSPS) is 35.5. The number of carbonyl (C=O) groups is 1. The first-order valence-electron chi connectivity index (χ1n) is 3.94. The van der Waals surface area contributed by atoms with E-state index >= 15 is 0 Å². The number of fused-ring (bicyclic) bond motifs is 1. The zero-order valence-corrected chi connectivity index (χ0v) is 6.25. The zero-order chi connectivity index (χ0) is 7.68. The highest BCUT2D eigenvalue weighted by Gasteiger charge is 2.29. The van der Waals surface area contributed by atoms with Gasteiger partial charge in [0.25, 0.3) is 0 Å². The molecule has 0 aromatic carbocycles. The Bertz CT molecular complexity index is 200. The second-order valence-corrected chi connectivity index (χ2v) is 3.05. The molecule has 0 saturated carbocycles. The van der Waals surface area contributed by atoms with E-state index in [0.717, 1.165) is 12.8 Å². The summed E-state index contributed by atoms with van der Waals surface area (Å²) < 4.78 is 4.86. The molecule has 0 unspecified atom stereocenters. The SMILES string of the molecule is O=C1N[C@@H]2CC=CC[C@H]2CO1. The molecule has 2 aliphatic rings. The maximum Gasteiger partial charge on any atom is 0.407 e. The van der Waals surface area contributed by atoms with Crippen molar-refractivity contribution in [3.63, 3.8) is 0 Å². The first-order valence-corrected chi connectivity index (χ1v) is 3.94. The summed E-state index contributed by atoms with van der Waals surface area (Å²) in [5.41, 5.74) is 0. The van der Waals surface area contributed by atoms with Crippen LogP contribution in [0.3, 0.4) is 0 Å². The van der Waals surface area contributed by atoms with Crippen LogP contribution in [0.5, 0.6) is 0 Å². The number of rotatable bonds is 0. The minimum atomic E-state index is -0.262. The maximum atomic E-state index is 10.8. The van der Waals surface area contributed by atoms with Gasteiger partial charge in [0.15, 0.2) is 0 Å². The molecular formula is C8H11NO2. The van der Waals surface area contributed by atoms with Crippen molar-refractivity contribution >= 4 is 6.09 Å². The van der Waals surface area contributed by atoms with Crippen LogP contribution in [0.15, 0.2) is 12.2 Å². The predicted octanol–water partition coefficient (Wildman–Crippen LogP) is 1.06. The van der Waals surface area contributed by atoms with E-state index in [9.17, 15) is 4.79 Å². The number of alkyl carbamates (subject to hydrolysis) is 1. The van der Waals surface area contributed by atoms with Crippen molar-refractivity contribution in [1.29, 1.82) is 0 Å². The average molecular weight is 153 g/mol. The first-order chi connectivity index (χ1) is 5.36. The van der Waals surface area contributed by atoms with E-state index in [1.165, 1.54) is 0 Å². The third kappa shape index (κ3) is 1.23. The van der Waals surface area contributed by atoms with E-state index in [1.807, 2.05) is 0 Å². The Morgan fingerprint density at radius 1 is 1.45 bits per heavy atom. The largest absolute Gasteiger partial charge is 0.449 e. The van der Waals surface area contributed by atoms with Crippen LogP contribution < -0.4 is 5.32 Å². The van der Waals surface area contributed by atoms with Gasteiger partial charge >= 0.3 is 6.09 Å². The van der Waals surface area contributed by atoms with Crippen molar-refractivity contribution in [2.45, 2.75) is 18.9 Å². The molecule has 1 amide bonds. The third-order valence-corrected chi connectivity index (χ3v) is 2.30. The smallest absolute Gasteiger partial charge is 0.407 e. The highest BCUT2D eigenvalue weighted by Crippen LogP contribution is 2.22. The highest BCUT2D eigenvalue weighted by molar-refractivity contribution is 5.68. The van der Waals surface area contributed by atoms with Crippen molar-refractivity contribution in [3.8, 4) is 0 Å². The monoisotopic (exact) mass is 153 g/mol. The number of hydrogen-bond donors (Lipinski definition) is 1. The lowest BCUT2D eigenvalue weighted by molar-refractivity contribution is 0.0801. The van der Waals surface area contributed by atoms with Gasteiger partial charge in [-0.15, -0.1) is 0 Å². The number of hydrogen-bond acceptors (Lipinski definition) is 2. The summed E-state index contributed by atoms with van der Waals surface area (Å²) in [5.74, 6) is 0.498. The number of cyclic esters (lactones) is 1. The molecule has 2 atom stereocenters. The molecule has 1 N–H and O–H groups in total. The van der Waals surface area contributed by atoms with E-state index in [-0.39, 0.29) is 6.09 Å². The summed E-state index contributed by atoms with van der Waals surface area (Å²) in [5, 5.41) is 2.81. The molecule has 3 heteroatoms. The van der Waals surface area contributed by atoms with Gasteiger partial charge in [-0.2, -0.15) is 0 Å². The molecule has 0 spiro atoms. The van der Waals surface area contributed by atoms with E-state index < -0.39 is 0 Å². The van der Waals surface area contributed by atoms with E-state index in [4.69, 9.17) is 4.74 Å². The highest BCUT2D eigenvalue weighted by atomic mass is 16.6. The Kier molecular flexibility index (Phi) is 1.56. The number of ether oxygens (including phenoxy) is 1. The van der Waals surface area contributed by atoms with Gasteiger partial charge in [0.2, 0.25) is 0 Å². The quantitative estimate of drug-likeness (QED) is 0.528.